The van der Waals surface area contributed by atoms with Crippen LogP contribution in [0, 0.1) is 6.92 Å². The minimum Gasteiger partial charge on any atom is -0.361 e. The molecule has 0 amide bonds. The minimum atomic E-state index is -4.47. The molecular weight excluding hydrogens is 173 g/mol. The topological polar surface area (TPSA) is 60.2 Å². The molecule has 4 nitrogen and oxygen atoms in total. The largest absolute Gasteiger partial charge is 0.361 e. The van der Waals surface area contributed by atoms with Gasteiger partial charge in [0, 0.05) is 5.56 Å². The third-order valence-electron chi connectivity index (χ3n) is 1.18. The van der Waals surface area contributed by atoms with Gasteiger partial charge in [-0.2, -0.15) is 8.42 Å². The molecule has 62 valence electrons. The van der Waals surface area contributed by atoms with Crippen LogP contribution in [0.5, 0.6) is 0 Å². The molecule has 1 aromatic heterocycles. The van der Waals surface area contributed by atoms with Crippen molar-refractivity contribution in [3.05, 3.63) is 17.5 Å². The Hall–Kier alpha value is -0.910. The fourth-order valence-corrected chi connectivity index (χ4v) is 1.29. The third-order valence-corrected chi connectivity index (χ3v) is 1.83. The molecule has 0 aliphatic heterocycles. The maximum absolute atomic E-state index is 12.0. The van der Waals surface area contributed by atoms with Crippen molar-refractivity contribution in [1.82, 2.24) is 5.16 Å². The summed E-state index contributed by atoms with van der Waals surface area (Å²) in [4.78, 5) is 0. The first kappa shape index (κ1) is 8.19. The zero-order chi connectivity index (χ0) is 8.48. The monoisotopic (exact) mass is 179 g/mol. The molecule has 0 aliphatic carbocycles. The highest BCUT2D eigenvalue weighted by molar-refractivity contribution is 7.85. The van der Waals surface area contributed by atoms with E-state index in [2.05, 4.69) is 9.68 Å². The van der Waals surface area contributed by atoms with Gasteiger partial charge in [-0.05, 0) is 6.92 Å². The molecular formula is C5H6FNO3S. The van der Waals surface area contributed by atoms with Gasteiger partial charge in [0.1, 0.15) is 11.5 Å². The first-order valence-corrected chi connectivity index (χ1v) is 4.37. The molecule has 0 fully saturated rings. The summed E-state index contributed by atoms with van der Waals surface area (Å²) < 4.78 is 36.8. The van der Waals surface area contributed by atoms with Crippen LogP contribution in [-0.2, 0) is 16.0 Å². The lowest BCUT2D eigenvalue weighted by atomic mass is 10.3. The van der Waals surface area contributed by atoms with Gasteiger partial charge in [0.2, 0.25) is 0 Å². The average Bonchev–Trinajstić information content (AvgIpc) is 2.12. The van der Waals surface area contributed by atoms with Crippen LogP contribution in [0.3, 0.4) is 0 Å². The summed E-state index contributed by atoms with van der Waals surface area (Å²) >= 11 is 0. The zero-order valence-electron chi connectivity index (χ0n) is 5.74. The van der Waals surface area contributed by atoms with Gasteiger partial charge in [-0.25, -0.2) is 0 Å². The van der Waals surface area contributed by atoms with Gasteiger partial charge in [0.25, 0.3) is 0 Å². The standard InChI is InChI=1S/C5H6FNO3S/c1-4-5(2-7-10-4)3-11(6,8)9/h2H,3H2,1H3. The van der Waals surface area contributed by atoms with E-state index < -0.39 is 16.0 Å². The van der Waals surface area contributed by atoms with Crippen LogP contribution in [0.2, 0.25) is 0 Å². The Balaban J connectivity index is 2.89. The molecule has 1 rings (SSSR count). The lowest BCUT2D eigenvalue weighted by Gasteiger charge is -1.89. The van der Waals surface area contributed by atoms with Crippen molar-refractivity contribution in [1.29, 1.82) is 0 Å². The summed E-state index contributed by atoms with van der Waals surface area (Å²) in [5.41, 5.74) is 0.257. The Morgan fingerprint density at radius 2 is 2.36 bits per heavy atom. The van der Waals surface area contributed by atoms with Crippen molar-refractivity contribution in [2.45, 2.75) is 12.7 Å². The van der Waals surface area contributed by atoms with E-state index >= 15 is 0 Å². The molecule has 0 N–H and O–H groups in total. The van der Waals surface area contributed by atoms with E-state index in [1.54, 1.807) is 0 Å². The Morgan fingerprint density at radius 1 is 1.73 bits per heavy atom. The van der Waals surface area contributed by atoms with Gasteiger partial charge in [-0.15, -0.1) is 3.89 Å². The number of aromatic nitrogens is 1. The van der Waals surface area contributed by atoms with E-state index in [4.69, 9.17) is 0 Å². The normalized spacial score (nSPS) is 11.8. The third kappa shape index (κ3) is 2.30. The number of hydrogen-bond donors (Lipinski definition) is 0. The summed E-state index contributed by atoms with van der Waals surface area (Å²) in [5, 5.41) is 3.30. The summed E-state index contributed by atoms with van der Waals surface area (Å²) in [6.07, 6.45) is 1.19. The van der Waals surface area contributed by atoms with Crippen LogP contribution >= 0.6 is 0 Å². The van der Waals surface area contributed by atoms with Crippen molar-refractivity contribution in [3.8, 4) is 0 Å². The molecule has 6 heteroatoms. The summed E-state index contributed by atoms with van der Waals surface area (Å²) in [6, 6.07) is 0. The molecule has 0 radical (unpaired) electrons. The lowest BCUT2D eigenvalue weighted by Crippen LogP contribution is -1.95. The van der Waals surface area contributed by atoms with E-state index in [1.165, 1.54) is 13.1 Å². The van der Waals surface area contributed by atoms with E-state index in [-0.39, 0.29) is 5.56 Å². The van der Waals surface area contributed by atoms with E-state index in [0.717, 1.165) is 0 Å². The maximum Gasteiger partial charge on any atom is 0.306 e. The molecule has 1 aromatic rings. The molecule has 0 atom stereocenters. The quantitative estimate of drug-likeness (QED) is 0.629. The molecule has 1 heterocycles. The van der Waals surface area contributed by atoms with Crippen LogP contribution < -0.4 is 0 Å². The lowest BCUT2D eigenvalue weighted by molar-refractivity contribution is 0.396. The Labute approximate surface area is 63.2 Å². The number of nitrogens with zero attached hydrogens (tertiary/aromatic N) is 1. The molecule has 0 bridgehead atoms. The van der Waals surface area contributed by atoms with E-state index in [9.17, 15) is 12.3 Å². The fourth-order valence-electron chi connectivity index (χ4n) is 0.643. The van der Waals surface area contributed by atoms with Crippen molar-refractivity contribution in [2.75, 3.05) is 0 Å². The van der Waals surface area contributed by atoms with Crippen molar-refractivity contribution in [3.63, 3.8) is 0 Å². The predicted molar refractivity (Wildman–Crippen MR) is 35.0 cm³/mol. The van der Waals surface area contributed by atoms with Crippen LogP contribution in [0.25, 0.3) is 0 Å². The minimum absolute atomic E-state index is 0.257. The predicted octanol–water partition coefficient (Wildman–Crippen LogP) is 0.782. The molecule has 0 spiro atoms. The molecule has 11 heavy (non-hydrogen) atoms. The molecule has 0 unspecified atom stereocenters. The number of aryl methyl sites for hydroxylation is 1. The second-order valence-corrected chi connectivity index (χ2v) is 3.46. The van der Waals surface area contributed by atoms with Crippen LogP contribution in [-0.4, -0.2) is 13.6 Å². The van der Waals surface area contributed by atoms with Gasteiger partial charge >= 0.3 is 10.2 Å². The SMILES string of the molecule is Cc1oncc1CS(=O)(=O)F. The highest BCUT2D eigenvalue weighted by atomic mass is 32.3. The zero-order valence-corrected chi connectivity index (χ0v) is 6.56. The molecule has 0 saturated heterocycles. The van der Waals surface area contributed by atoms with Crippen LogP contribution in [0.15, 0.2) is 10.7 Å². The van der Waals surface area contributed by atoms with Gasteiger partial charge in [0.15, 0.2) is 0 Å². The highest BCUT2D eigenvalue weighted by Crippen LogP contribution is 2.10. The van der Waals surface area contributed by atoms with Crippen molar-refractivity contribution in [2.24, 2.45) is 0 Å². The Kier molecular flexibility index (Phi) is 1.95. The molecule has 0 saturated carbocycles. The van der Waals surface area contributed by atoms with Crippen molar-refractivity contribution >= 4 is 10.2 Å². The van der Waals surface area contributed by atoms with Gasteiger partial charge in [-0.3, -0.25) is 0 Å². The summed E-state index contributed by atoms with van der Waals surface area (Å²) in [5.74, 6) is -0.339. The summed E-state index contributed by atoms with van der Waals surface area (Å²) in [6.45, 7) is 1.52. The van der Waals surface area contributed by atoms with Gasteiger partial charge in [0.05, 0.1) is 6.20 Å². The first-order chi connectivity index (χ1) is 4.99. The highest BCUT2D eigenvalue weighted by Gasteiger charge is 2.13. The Bertz CT molecular complexity index is 342. The first-order valence-electron chi connectivity index (χ1n) is 2.81. The second-order valence-electron chi connectivity index (χ2n) is 2.09. The number of rotatable bonds is 2. The van der Waals surface area contributed by atoms with Gasteiger partial charge in [-0.1, -0.05) is 5.16 Å². The number of hydrogen-bond acceptors (Lipinski definition) is 4. The molecule has 0 aromatic carbocycles. The smallest absolute Gasteiger partial charge is 0.306 e. The fraction of sp³-hybridized carbons (Fsp3) is 0.400. The van der Waals surface area contributed by atoms with Crippen LogP contribution in [0.4, 0.5) is 3.89 Å². The maximum atomic E-state index is 12.0. The van der Waals surface area contributed by atoms with E-state index in [0.29, 0.717) is 5.76 Å². The van der Waals surface area contributed by atoms with Crippen LogP contribution in [0.1, 0.15) is 11.3 Å². The van der Waals surface area contributed by atoms with E-state index in [1.807, 2.05) is 0 Å². The second kappa shape index (κ2) is 2.61. The average molecular weight is 179 g/mol. The Morgan fingerprint density at radius 3 is 2.73 bits per heavy atom. The molecule has 0 aliphatic rings. The summed E-state index contributed by atoms with van der Waals surface area (Å²) in [7, 11) is -4.47. The van der Waals surface area contributed by atoms with Gasteiger partial charge < -0.3 is 4.52 Å². The number of halogens is 1. The van der Waals surface area contributed by atoms with Crippen molar-refractivity contribution < 1.29 is 16.8 Å².